The number of hydrogen-bond donors (Lipinski definition) is 0. The van der Waals surface area contributed by atoms with Crippen LogP contribution in [-0.4, -0.2) is 75.0 Å². The van der Waals surface area contributed by atoms with Crippen LogP contribution in [0.5, 0.6) is 0 Å². The zero-order chi connectivity index (χ0) is 13.5. The number of nitrogens with zero attached hydrogens (tertiary/aromatic N) is 4. The molecule has 4 nitrogen and oxygen atoms in total. The first kappa shape index (κ1) is 19.0. The van der Waals surface area contributed by atoms with Crippen molar-refractivity contribution in [2.45, 2.75) is 26.2 Å². The number of halogens is 1. The van der Waals surface area contributed by atoms with Crippen molar-refractivity contribution in [3.8, 4) is 0 Å². The van der Waals surface area contributed by atoms with Gasteiger partial charge in [0.05, 0.1) is 0 Å². The van der Waals surface area contributed by atoms with Gasteiger partial charge in [0.25, 0.3) is 0 Å². The van der Waals surface area contributed by atoms with Crippen molar-refractivity contribution in [3.63, 3.8) is 0 Å². The molecule has 1 heterocycles. The molecule has 114 valence electrons. The first-order valence-corrected chi connectivity index (χ1v) is 7.12. The van der Waals surface area contributed by atoms with E-state index in [1.807, 2.05) is 28.2 Å². The van der Waals surface area contributed by atoms with E-state index in [9.17, 15) is 0 Å². The minimum atomic E-state index is 0. The number of rotatable bonds is 4. The fourth-order valence-corrected chi connectivity index (χ4v) is 2.44. The molecule has 0 atom stereocenters. The van der Waals surface area contributed by atoms with Gasteiger partial charge in [-0.25, -0.2) is 0 Å². The molecule has 1 fully saturated rings. The van der Waals surface area contributed by atoms with Gasteiger partial charge in [-0.15, -0.1) is 24.0 Å². The van der Waals surface area contributed by atoms with E-state index in [0.29, 0.717) is 0 Å². The third-order valence-corrected chi connectivity index (χ3v) is 3.56. The van der Waals surface area contributed by atoms with Crippen LogP contribution >= 0.6 is 24.0 Å². The summed E-state index contributed by atoms with van der Waals surface area (Å²) in [4.78, 5) is 11.4. The summed E-state index contributed by atoms with van der Waals surface area (Å²) in [5, 5.41) is 0. The lowest BCUT2D eigenvalue weighted by atomic mass is 9.99. The van der Waals surface area contributed by atoms with Crippen molar-refractivity contribution < 1.29 is 0 Å². The maximum atomic E-state index is 4.66. The number of guanidine groups is 1. The molecule has 0 aromatic rings. The smallest absolute Gasteiger partial charge is 0.195 e. The normalized spacial score (nSPS) is 16.7. The van der Waals surface area contributed by atoms with Crippen molar-refractivity contribution in [1.82, 2.24) is 14.7 Å². The first-order valence-electron chi connectivity index (χ1n) is 7.12. The van der Waals surface area contributed by atoms with Crippen LogP contribution in [0, 0.1) is 5.92 Å². The largest absolute Gasteiger partial charge is 0.349 e. The Morgan fingerprint density at radius 1 is 1.11 bits per heavy atom. The highest BCUT2D eigenvalue weighted by Gasteiger charge is 2.14. The minimum Gasteiger partial charge on any atom is -0.349 e. The van der Waals surface area contributed by atoms with E-state index in [2.05, 4.69) is 26.6 Å². The van der Waals surface area contributed by atoms with Crippen LogP contribution in [0.4, 0.5) is 0 Å². The quantitative estimate of drug-likeness (QED) is 0.322. The van der Waals surface area contributed by atoms with Crippen molar-refractivity contribution in [1.29, 1.82) is 0 Å². The van der Waals surface area contributed by atoms with Gasteiger partial charge in [0.15, 0.2) is 5.96 Å². The maximum Gasteiger partial charge on any atom is 0.195 e. The molecule has 1 aliphatic heterocycles. The van der Waals surface area contributed by atoms with Crippen molar-refractivity contribution in [3.05, 3.63) is 0 Å². The lowest BCUT2D eigenvalue weighted by Gasteiger charge is -2.30. The topological polar surface area (TPSA) is 22.1 Å². The molecule has 5 heteroatoms. The van der Waals surface area contributed by atoms with E-state index >= 15 is 0 Å². The molecule has 0 spiro atoms. The van der Waals surface area contributed by atoms with Crippen molar-refractivity contribution in [2.24, 2.45) is 10.9 Å². The van der Waals surface area contributed by atoms with Gasteiger partial charge < -0.3 is 14.7 Å². The summed E-state index contributed by atoms with van der Waals surface area (Å²) < 4.78 is 0. The van der Waals surface area contributed by atoms with Gasteiger partial charge in [-0.1, -0.05) is 6.92 Å². The second-order valence-electron chi connectivity index (χ2n) is 5.85. The summed E-state index contributed by atoms with van der Waals surface area (Å²) in [6.07, 6.45) is 3.90. The third-order valence-electron chi connectivity index (χ3n) is 3.56. The first-order chi connectivity index (χ1) is 8.50. The molecule has 0 N–H and O–H groups in total. The molecule has 1 rings (SSSR count). The Bertz CT molecular complexity index is 248. The number of likely N-dealkylation sites (tertiary alicyclic amines) is 1. The fourth-order valence-electron chi connectivity index (χ4n) is 2.44. The summed E-state index contributed by atoms with van der Waals surface area (Å²) in [5.41, 5.74) is 0. The summed E-state index contributed by atoms with van der Waals surface area (Å²) in [7, 11) is 8.19. The second-order valence-corrected chi connectivity index (χ2v) is 5.85. The average Bonchev–Trinajstić information content (AvgIpc) is 2.30. The van der Waals surface area contributed by atoms with Crippen LogP contribution in [-0.2, 0) is 0 Å². The van der Waals surface area contributed by atoms with Crippen molar-refractivity contribution in [2.75, 3.05) is 54.4 Å². The third kappa shape index (κ3) is 7.34. The summed E-state index contributed by atoms with van der Waals surface area (Å²) in [6.45, 7) is 7.04. The van der Waals surface area contributed by atoms with E-state index in [4.69, 9.17) is 0 Å². The van der Waals surface area contributed by atoms with Gasteiger partial charge in [0.1, 0.15) is 0 Å². The van der Waals surface area contributed by atoms with Gasteiger partial charge >= 0.3 is 0 Å². The molecule has 0 aliphatic carbocycles. The summed E-state index contributed by atoms with van der Waals surface area (Å²) in [6, 6.07) is 0. The molecule has 0 aromatic heterocycles. The van der Waals surface area contributed by atoms with E-state index in [1.165, 1.54) is 38.9 Å². The summed E-state index contributed by atoms with van der Waals surface area (Å²) in [5.74, 6) is 1.98. The van der Waals surface area contributed by atoms with Crippen LogP contribution in [0.1, 0.15) is 26.2 Å². The fraction of sp³-hybridized carbons (Fsp3) is 0.929. The Labute approximate surface area is 136 Å². The highest BCUT2D eigenvalue weighted by Crippen LogP contribution is 2.15. The molecule has 0 saturated carbocycles. The molecular weight excluding hydrogens is 351 g/mol. The molecule has 1 saturated heterocycles. The Morgan fingerprint density at radius 3 is 2.11 bits per heavy atom. The Balaban J connectivity index is 0.00000324. The zero-order valence-corrected chi connectivity index (χ0v) is 15.6. The molecule has 0 unspecified atom stereocenters. The van der Waals surface area contributed by atoms with E-state index in [1.54, 1.807) is 0 Å². The number of hydrogen-bond acceptors (Lipinski definition) is 2. The molecule has 0 amide bonds. The van der Waals surface area contributed by atoms with Gasteiger partial charge in [-0.05, 0) is 44.8 Å². The highest BCUT2D eigenvalue weighted by molar-refractivity contribution is 14.0. The Kier molecular flexibility index (Phi) is 9.78. The van der Waals surface area contributed by atoms with Gasteiger partial charge in [-0.2, -0.15) is 0 Å². The second kappa shape index (κ2) is 9.80. The molecular formula is C14H31IN4. The Morgan fingerprint density at radius 2 is 1.63 bits per heavy atom. The highest BCUT2D eigenvalue weighted by atomic mass is 127. The average molecular weight is 382 g/mol. The maximum absolute atomic E-state index is 4.66. The van der Waals surface area contributed by atoms with E-state index in [0.717, 1.165) is 18.4 Å². The summed E-state index contributed by atoms with van der Waals surface area (Å²) >= 11 is 0. The van der Waals surface area contributed by atoms with Crippen LogP contribution in [0.3, 0.4) is 0 Å². The van der Waals surface area contributed by atoms with Crippen LogP contribution in [0.15, 0.2) is 4.99 Å². The van der Waals surface area contributed by atoms with Gasteiger partial charge in [0.2, 0.25) is 0 Å². The lowest BCUT2D eigenvalue weighted by molar-refractivity contribution is 0.191. The molecule has 0 aromatic carbocycles. The SMILES string of the molecule is CC1CCN(CCCN=C(N(C)C)N(C)C)CC1.I. The van der Waals surface area contributed by atoms with Crippen LogP contribution in [0.25, 0.3) is 0 Å². The standard InChI is InChI=1S/C14H30N4.HI/c1-13-7-11-18(12-8-13)10-6-9-15-14(16(2)3)17(4)5;/h13H,6-12H2,1-5H3;1H. The molecule has 1 aliphatic rings. The number of piperidine rings is 1. The minimum absolute atomic E-state index is 0. The molecule has 19 heavy (non-hydrogen) atoms. The van der Waals surface area contributed by atoms with Gasteiger partial charge in [0, 0.05) is 34.7 Å². The lowest BCUT2D eigenvalue weighted by Crippen LogP contribution is -2.36. The zero-order valence-electron chi connectivity index (χ0n) is 13.2. The van der Waals surface area contributed by atoms with Gasteiger partial charge in [-0.3, -0.25) is 4.99 Å². The van der Waals surface area contributed by atoms with Crippen LogP contribution < -0.4 is 0 Å². The predicted octanol–water partition coefficient (Wildman–Crippen LogP) is 2.21. The van der Waals surface area contributed by atoms with Crippen molar-refractivity contribution >= 4 is 29.9 Å². The molecule has 0 radical (unpaired) electrons. The molecule has 0 bridgehead atoms. The monoisotopic (exact) mass is 382 g/mol. The van der Waals surface area contributed by atoms with E-state index in [-0.39, 0.29) is 24.0 Å². The van der Waals surface area contributed by atoms with Crippen LogP contribution in [0.2, 0.25) is 0 Å². The predicted molar refractivity (Wildman–Crippen MR) is 94.5 cm³/mol. The number of aliphatic imine (C=N–C) groups is 1. The van der Waals surface area contributed by atoms with E-state index < -0.39 is 0 Å². The Hall–Kier alpha value is -0.0400.